The summed E-state index contributed by atoms with van der Waals surface area (Å²) < 4.78 is 6.77. The van der Waals surface area contributed by atoms with E-state index < -0.39 is 11.9 Å². The molecule has 8 heteroatoms. The number of nitrogens with zero attached hydrogens (tertiary/aromatic N) is 3. The smallest absolute Gasteiger partial charge is 0.338 e. The van der Waals surface area contributed by atoms with Crippen molar-refractivity contribution in [3.8, 4) is 5.69 Å². The third kappa shape index (κ3) is 4.08. The molecule has 0 unspecified atom stereocenters. The van der Waals surface area contributed by atoms with Crippen LogP contribution in [0.1, 0.15) is 23.2 Å². The van der Waals surface area contributed by atoms with Crippen LogP contribution in [0.15, 0.2) is 42.7 Å². The van der Waals surface area contributed by atoms with E-state index in [0.29, 0.717) is 24.9 Å². The lowest BCUT2D eigenvalue weighted by Crippen LogP contribution is -2.45. The van der Waals surface area contributed by atoms with Crippen LogP contribution in [0.5, 0.6) is 0 Å². The second-order valence-corrected chi connectivity index (χ2v) is 6.15. The number of nitrogens with two attached hydrogens (primary N) is 1. The first-order valence-electron chi connectivity index (χ1n) is 8.39. The number of hydrogen-bond donors (Lipinski definition) is 1. The molecule has 0 aliphatic carbocycles. The van der Waals surface area contributed by atoms with Crippen LogP contribution in [0.4, 0.5) is 0 Å². The van der Waals surface area contributed by atoms with Gasteiger partial charge >= 0.3 is 5.97 Å². The minimum absolute atomic E-state index is 0.282. The van der Waals surface area contributed by atoms with Crippen molar-refractivity contribution in [2.24, 2.45) is 11.7 Å². The van der Waals surface area contributed by atoms with E-state index >= 15 is 0 Å². The Balaban J connectivity index is 1.53. The summed E-state index contributed by atoms with van der Waals surface area (Å²) >= 11 is 0. The molecule has 136 valence electrons. The van der Waals surface area contributed by atoms with Crippen LogP contribution >= 0.6 is 0 Å². The number of carbonyl (C=O) groups excluding carboxylic acids is 3. The number of rotatable bonds is 5. The number of piperidine rings is 1. The van der Waals surface area contributed by atoms with Crippen molar-refractivity contribution in [1.82, 2.24) is 14.7 Å². The van der Waals surface area contributed by atoms with Crippen molar-refractivity contribution in [2.45, 2.75) is 12.8 Å². The summed E-state index contributed by atoms with van der Waals surface area (Å²) in [6, 6.07) is 8.53. The summed E-state index contributed by atoms with van der Waals surface area (Å²) in [7, 11) is 0. The van der Waals surface area contributed by atoms with Gasteiger partial charge in [0.25, 0.3) is 5.91 Å². The predicted octanol–water partition coefficient (Wildman–Crippen LogP) is 0.753. The van der Waals surface area contributed by atoms with Crippen LogP contribution in [-0.2, 0) is 14.3 Å². The molecule has 1 aromatic heterocycles. The molecule has 8 nitrogen and oxygen atoms in total. The van der Waals surface area contributed by atoms with Crippen molar-refractivity contribution >= 4 is 17.8 Å². The zero-order valence-corrected chi connectivity index (χ0v) is 14.2. The van der Waals surface area contributed by atoms with Crippen molar-refractivity contribution in [2.75, 3.05) is 19.7 Å². The minimum atomic E-state index is -0.575. The standard InChI is InChI=1S/C18H20N4O4/c19-17(24)14-3-1-9-21(11-14)16(23)12-26-18(25)13-4-6-15(7-5-13)22-10-2-8-20-22/h2,4-8,10,14H,1,3,9,11-12H2,(H2,19,24)/t14-/m0/s1. The quantitative estimate of drug-likeness (QED) is 0.796. The molecule has 1 aliphatic rings. The molecule has 1 aliphatic heterocycles. The summed E-state index contributed by atoms with van der Waals surface area (Å²) in [6.07, 6.45) is 4.85. The maximum Gasteiger partial charge on any atom is 0.338 e. The zero-order chi connectivity index (χ0) is 18.5. The number of ether oxygens (including phenoxy) is 1. The van der Waals surface area contributed by atoms with Gasteiger partial charge in [-0.1, -0.05) is 0 Å². The summed E-state index contributed by atoms with van der Waals surface area (Å²) in [4.78, 5) is 37.1. The van der Waals surface area contributed by atoms with Crippen LogP contribution in [-0.4, -0.2) is 52.2 Å². The molecule has 1 fully saturated rings. The van der Waals surface area contributed by atoms with Gasteiger partial charge in [0.15, 0.2) is 6.61 Å². The van der Waals surface area contributed by atoms with Crippen molar-refractivity contribution in [3.05, 3.63) is 48.3 Å². The lowest BCUT2D eigenvalue weighted by Gasteiger charge is -2.31. The number of benzene rings is 1. The SMILES string of the molecule is NC(=O)[C@H]1CCCN(C(=O)COC(=O)c2ccc(-n3cccn3)cc2)C1. The predicted molar refractivity (Wildman–Crippen MR) is 92.3 cm³/mol. The van der Waals surface area contributed by atoms with E-state index in [1.807, 2.05) is 0 Å². The van der Waals surface area contributed by atoms with E-state index in [1.165, 1.54) is 4.90 Å². The lowest BCUT2D eigenvalue weighted by atomic mass is 9.97. The molecule has 0 saturated carbocycles. The second kappa shape index (κ2) is 7.81. The number of likely N-dealkylation sites (tertiary alicyclic amines) is 1. The Morgan fingerprint density at radius 2 is 2.00 bits per heavy atom. The van der Waals surface area contributed by atoms with E-state index in [1.54, 1.807) is 47.4 Å². The molecule has 2 heterocycles. The summed E-state index contributed by atoms with van der Waals surface area (Å²) in [5.41, 5.74) is 6.47. The zero-order valence-electron chi connectivity index (χ0n) is 14.2. The molecular formula is C18H20N4O4. The van der Waals surface area contributed by atoms with E-state index in [0.717, 1.165) is 5.69 Å². The third-order valence-corrected chi connectivity index (χ3v) is 4.38. The van der Waals surface area contributed by atoms with Crippen LogP contribution in [0.3, 0.4) is 0 Å². The second-order valence-electron chi connectivity index (χ2n) is 6.15. The number of hydrogen-bond acceptors (Lipinski definition) is 5. The number of primary amides is 1. The molecule has 26 heavy (non-hydrogen) atoms. The van der Waals surface area contributed by atoms with E-state index in [-0.39, 0.29) is 25.0 Å². The molecule has 1 atom stereocenters. The Bertz CT molecular complexity index is 786. The fourth-order valence-corrected chi connectivity index (χ4v) is 2.91. The maximum atomic E-state index is 12.2. The van der Waals surface area contributed by atoms with Crippen LogP contribution < -0.4 is 5.73 Å². The van der Waals surface area contributed by atoms with Gasteiger partial charge in [0.1, 0.15) is 0 Å². The average Bonchev–Trinajstić information content (AvgIpc) is 3.21. The largest absolute Gasteiger partial charge is 0.452 e. The van der Waals surface area contributed by atoms with Gasteiger partial charge in [-0.05, 0) is 43.2 Å². The molecule has 0 spiro atoms. The molecule has 2 amide bonds. The molecule has 0 bridgehead atoms. The molecule has 0 radical (unpaired) electrons. The number of carbonyl (C=O) groups is 3. The van der Waals surface area contributed by atoms with Gasteiger partial charge in [-0.15, -0.1) is 0 Å². The fraction of sp³-hybridized carbons (Fsp3) is 0.333. The molecule has 1 saturated heterocycles. The van der Waals surface area contributed by atoms with Crippen molar-refractivity contribution in [3.63, 3.8) is 0 Å². The Morgan fingerprint density at radius 3 is 2.65 bits per heavy atom. The molecule has 2 N–H and O–H groups in total. The van der Waals surface area contributed by atoms with Crippen LogP contribution in [0.25, 0.3) is 5.69 Å². The lowest BCUT2D eigenvalue weighted by molar-refractivity contribution is -0.137. The van der Waals surface area contributed by atoms with Gasteiger partial charge in [-0.2, -0.15) is 5.10 Å². The summed E-state index contributed by atoms with van der Waals surface area (Å²) in [5, 5.41) is 4.11. The summed E-state index contributed by atoms with van der Waals surface area (Å²) in [6.45, 7) is 0.467. The van der Waals surface area contributed by atoms with Gasteiger partial charge in [0.2, 0.25) is 5.91 Å². The monoisotopic (exact) mass is 356 g/mol. The first kappa shape index (κ1) is 17.7. The van der Waals surface area contributed by atoms with Gasteiger partial charge in [0, 0.05) is 25.5 Å². The fourth-order valence-electron chi connectivity index (χ4n) is 2.91. The summed E-state index contributed by atoms with van der Waals surface area (Å²) in [5.74, 6) is -1.64. The molecular weight excluding hydrogens is 336 g/mol. The van der Waals surface area contributed by atoms with Gasteiger partial charge in [0.05, 0.1) is 17.2 Å². The Kier molecular flexibility index (Phi) is 5.31. The van der Waals surface area contributed by atoms with Gasteiger partial charge < -0.3 is 15.4 Å². The van der Waals surface area contributed by atoms with Gasteiger partial charge in [-0.25, -0.2) is 9.48 Å². The first-order valence-corrected chi connectivity index (χ1v) is 8.39. The first-order chi connectivity index (χ1) is 12.5. The molecule has 1 aromatic carbocycles. The Labute approximate surface area is 150 Å². The Morgan fingerprint density at radius 1 is 1.23 bits per heavy atom. The van der Waals surface area contributed by atoms with Gasteiger partial charge in [-0.3, -0.25) is 9.59 Å². The third-order valence-electron chi connectivity index (χ3n) is 4.38. The van der Waals surface area contributed by atoms with Crippen molar-refractivity contribution in [1.29, 1.82) is 0 Å². The average molecular weight is 356 g/mol. The van der Waals surface area contributed by atoms with Crippen molar-refractivity contribution < 1.29 is 19.1 Å². The van der Waals surface area contributed by atoms with Crippen LogP contribution in [0, 0.1) is 5.92 Å². The maximum absolute atomic E-state index is 12.2. The highest BCUT2D eigenvalue weighted by molar-refractivity contribution is 5.91. The Hall–Kier alpha value is -3.16. The topological polar surface area (TPSA) is 108 Å². The normalized spacial score (nSPS) is 16.9. The van der Waals surface area contributed by atoms with E-state index in [9.17, 15) is 14.4 Å². The minimum Gasteiger partial charge on any atom is -0.452 e. The number of esters is 1. The number of aromatic nitrogens is 2. The van der Waals surface area contributed by atoms with E-state index in [2.05, 4.69) is 5.10 Å². The highest BCUT2D eigenvalue weighted by Crippen LogP contribution is 2.16. The number of amides is 2. The molecule has 2 aromatic rings. The van der Waals surface area contributed by atoms with Crippen LogP contribution in [0.2, 0.25) is 0 Å². The highest BCUT2D eigenvalue weighted by Gasteiger charge is 2.27. The molecule has 3 rings (SSSR count). The van der Waals surface area contributed by atoms with E-state index in [4.69, 9.17) is 10.5 Å². The highest BCUT2D eigenvalue weighted by atomic mass is 16.5.